The molecule has 0 heterocycles. The van der Waals surface area contributed by atoms with Gasteiger partial charge in [0.15, 0.2) is 0 Å². The Bertz CT molecular complexity index is 256. The lowest BCUT2D eigenvalue weighted by atomic mass is 9.69. The molecule has 14 heavy (non-hydrogen) atoms. The van der Waals surface area contributed by atoms with E-state index in [0.717, 1.165) is 12.8 Å². The summed E-state index contributed by atoms with van der Waals surface area (Å²) in [4.78, 5) is 0. The molecule has 0 amide bonds. The molecule has 1 aliphatic carbocycles. The van der Waals surface area contributed by atoms with Crippen LogP contribution in [0.5, 0.6) is 0 Å². The summed E-state index contributed by atoms with van der Waals surface area (Å²) in [5.41, 5.74) is 11.0. The lowest BCUT2D eigenvalue weighted by Crippen LogP contribution is -2.69. The van der Waals surface area contributed by atoms with Crippen LogP contribution >= 0.6 is 0 Å². The maximum Gasteiger partial charge on any atom is 0.0957 e. The van der Waals surface area contributed by atoms with Crippen molar-refractivity contribution in [3.8, 4) is 0 Å². The molecule has 5 N–H and O–H groups in total. The summed E-state index contributed by atoms with van der Waals surface area (Å²) in [7, 11) is 0. The summed E-state index contributed by atoms with van der Waals surface area (Å²) in [5.74, 6) is 0. The highest BCUT2D eigenvalue weighted by Gasteiger charge is 2.46. The van der Waals surface area contributed by atoms with E-state index >= 15 is 0 Å². The second-order valence-electron chi connectivity index (χ2n) is 3.99. The number of rotatable bonds is 3. The summed E-state index contributed by atoms with van der Waals surface area (Å²) >= 11 is 0. The van der Waals surface area contributed by atoms with Crippen molar-refractivity contribution in [3.63, 3.8) is 0 Å². The highest BCUT2D eigenvalue weighted by molar-refractivity contribution is 5.31. The summed E-state index contributed by atoms with van der Waals surface area (Å²) in [6.45, 7) is 3.99. The number of aliphatic hydroxyl groups is 1. The molecule has 0 spiro atoms. The molecule has 3 heteroatoms. The van der Waals surface area contributed by atoms with Crippen LogP contribution in [0, 0.1) is 0 Å². The van der Waals surface area contributed by atoms with Crippen LogP contribution in [0.3, 0.4) is 0 Å². The normalized spacial score (nSPS) is 32.2. The molecule has 0 aromatic carbocycles. The van der Waals surface area contributed by atoms with Crippen LogP contribution in [0.1, 0.15) is 26.7 Å². The van der Waals surface area contributed by atoms with E-state index in [-0.39, 0.29) is 0 Å². The smallest absolute Gasteiger partial charge is 0.0957 e. The molecule has 0 bridgehead atoms. The molecular weight excluding hydrogens is 176 g/mol. The van der Waals surface area contributed by atoms with E-state index < -0.39 is 17.2 Å². The largest absolute Gasteiger partial charge is 0.387 e. The van der Waals surface area contributed by atoms with Gasteiger partial charge in [-0.1, -0.05) is 38.2 Å². The second-order valence-corrected chi connectivity index (χ2v) is 3.99. The Balaban J connectivity index is 3.04. The molecule has 0 aromatic rings. The molecule has 0 radical (unpaired) electrons. The average Bonchev–Trinajstić information content (AvgIpc) is 2.21. The average molecular weight is 196 g/mol. The third-order valence-corrected chi connectivity index (χ3v) is 3.39. The number of hydrogen-bond donors (Lipinski definition) is 3. The monoisotopic (exact) mass is 196 g/mol. The summed E-state index contributed by atoms with van der Waals surface area (Å²) < 4.78 is 0. The van der Waals surface area contributed by atoms with Gasteiger partial charge in [0.2, 0.25) is 0 Å². The van der Waals surface area contributed by atoms with Crippen molar-refractivity contribution in [2.75, 3.05) is 0 Å². The molecular formula is C11H20N2O. The summed E-state index contributed by atoms with van der Waals surface area (Å²) in [6.07, 6.45) is 7.93. The van der Waals surface area contributed by atoms with Gasteiger partial charge in [-0.05, 0) is 12.8 Å². The first kappa shape index (κ1) is 11.4. The van der Waals surface area contributed by atoms with Crippen molar-refractivity contribution in [2.45, 2.75) is 43.9 Å². The Kier molecular flexibility index (Phi) is 3.14. The van der Waals surface area contributed by atoms with Crippen LogP contribution in [0.25, 0.3) is 0 Å². The van der Waals surface area contributed by atoms with E-state index in [1.54, 1.807) is 12.2 Å². The molecule has 1 rings (SSSR count). The lowest BCUT2D eigenvalue weighted by Gasteiger charge is -2.46. The lowest BCUT2D eigenvalue weighted by molar-refractivity contribution is 0.0891. The minimum Gasteiger partial charge on any atom is -0.387 e. The van der Waals surface area contributed by atoms with E-state index in [1.807, 2.05) is 26.0 Å². The van der Waals surface area contributed by atoms with Gasteiger partial charge in [-0.2, -0.15) is 0 Å². The van der Waals surface area contributed by atoms with Crippen LogP contribution < -0.4 is 11.5 Å². The Labute approximate surface area is 85.5 Å². The van der Waals surface area contributed by atoms with Crippen LogP contribution in [0.15, 0.2) is 24.3 Å². The second kappa shape index (κ2) is 3.85. The van der Waals surface area contributed by atoms with E-state index in [1.165, 1.54) is 0 Å². The number of nitrogens with two attached hydrogens (primary N) is 2. The highest BCUT2D eigenvalue weighted by Crippen LogP contribution is 2.31. The molecule has 2 atom stereocenters. The quantitative estimate of drug-likeness (QED) is 0.622. The van der Waals surface area contributed by atoms with Gasteiger partial charge in [0.05, 0.1) is 11.6 Å². The van der Waals surface area contributed by atoms with E-state index in [9.17, 15) is 5.11 Å². The fourth-order valence-corrected chi connectivity index (χ4v) is 1.96. The molecule has 0 aromatic heterocycles. The van der Waals surface area contributed by atoms with Crippen molar-refractivity contribution in [2.24, 2.45) is 11.5 Å². The third kappa shape index (κ3) is 1.52. The van der Waals surface area contributed by atoms with E-state index in [2.05, 4.69) is 0 Å². The predicted octanol–water partition coefficient (Wildman–Crippen LogP) is 0.688. The Morgan fingerprint density at radius 3 is 2.36 bits per heavy atom. The first-order valence-corrected chi connectivity index (χ1v) is 5.12. The highest BCUT2D eigenvalue weighted by atomic mass is 16.3. The number of allylic oxidation sites excluding steroid dienone is 2. The van der Waals surface area contributed by atoms with Crippen molar-refractivity contribution in [1.82, 2.24) is 0 Å². The zero-order chi connectivity index (χ0) is 10.8. The molecule has 0 saturated carbocycles. The van der Waals surface area contributed by atoms with Crippen LogP contribution in [0.4, 0.5) is 0 Å². The van der Waals surface area contributed by atoms with Gasteiger partial charge in [-0.3, -0.25) is 0 Å². The van der Waals surface area contributed by atoms with Gasteiger partial charge >= 0.3 is 0 Å². The Morgan fingerprint density at radius 2 is 1.93 bits per heavy atom. The van der Waals surface area contributed by atoms with E-state index in [4.69, 9.17) is 11.5 Å². The summed E-state index contributed by atoms with van der Waals surface area (Å²) in [6, 6.07) is 0. The molecule has 3 nitrogen and oxygen atoms in total. The van der Waals surface area contributed by atoms with Crippen molar-refractivity contribution in [1.29, 1.82) is 0 Å². The van der Waals surface area contributed by atoms with Crippen molar-refractivity contribution >= 4 is 0 Å². The first-order chi connectivity index (χ1) is 6.50. The van der Waals surface area contributed by atoms with Crippen molar-refractivity contribution < 1.29 is 5.11 Å². The maximum atomic E-state index is 9.88. The predicted molar refractivity (Wildman–Crippen MR) is 58.7 cm³/mol. The molecule has 80 valence electrons. The number of hydrogen-bond acceptors (Lipinski definition) is 3. The van der Waals surface area contributed by atoms with Gasteiger partial charge in [-0.25, -0.2) is 0 Å². The molecule has 0 aliphatic heterocycles. The van der Waals surface area contributed by atoms with E-state index in [0.29, 0.717) is 0 Å². The molecule has 2 unspecified atom stereocenters. The third-order valence-electron chi connectivity index (χ3n) is 3.39. The molecule has 0 saturated heterocycles. The van der Waals surface area contributed by atoms with Gasteiger partial charge in [-0.15, -0.1) is 0 Å². The van der Waals surface area contributed by atoms with Gasteiger partial charge in [0.1, 0.15) is 0 Å². The maximum absolute atomic E-state index is 9.88. The minimum atomic E-state index is -0.842. The minimum absolute atomic E-state index is 0.548. The van der Waals surface area contributed by atoms with Crippen LogP contribution in [-0.4, -0.2) is 22.3 Å². The topological polar surface area (TPSA) is 72.3 Å². The Morgan fingerprint density at radius 1 is 1.36 bits per heavy atom. The van der Waals surface area contributed by atoms with Crippen molar-refractivity contribution in [3.05, 3.63) is 24.3 Å². The zero-order valence-electron chi connectivity index (χ0n) is 8.90. The van der Waals surface area contributed by atoms with Gasteiger partial charge in [0.25, 0.3) is 0 Å². The fourth-order valence-electron chi connectivity index (χ4n) is 1.96. The van der Waals surface area contributed by atoms with Gasteiger partial charge in [0, 0.05) is 5.54 Å². The Hall–Kier alpha value is -0.640. The van der Waals surface area contributed by atoms with Gasteiger partial charge < -0.3 is 16.6 Å². The van der Waals surface area contributed by atoms with Crippen LogP contribution in [-0.2, 0) is 0 Å². The first-order valence-electron chi connectivity index (χ1n) is 5.12. The molecule has 1 aliphatic rings. The molecule has 0 fully saturated rings. The van der Waals surface area contributed by atoms with Crippen LogP contribution in [0.2, 0.25) is 0 Å². The SMILES string of the molecule is CCC(N)(CC)C1(N)C=CC=CC1O. The summed E-state index contributed by atoms with van der Waals surface area (Å²) in [5, 5.41) is 9.88. The standard InChI is InChI=1S/C11H20N2O/c1-3-10(12,4-2)11(13)8-6-5-7-9(11)14/h5-9,14H,3-4,12-13H2,1-2H3. The number of aliphatic hydroxyl groups excluding tert-OH is 1. The fraction of sp³-hybridized carbons (Fsp3) is 0.636. The zero-order valence-corrected chi connectivity index (χ0v) is 8.90.